The van der Waals surface area contributed by atoms with Crippen molar-refractivity contribution in [3.8, 4) is 0 Å². The number of hydrogen-bond acceptors (Lipinski definition) is 4. The van der Waals surface area contributed by atoms with Crippen LogP contribution in [0.2, 0.25) is 5.02 Å². The lowest BCUT2D eigenvalue weighted by molar-refractivity contribution is -0.121. The molecule has 1 aliphatic carbocycles. The van der Waals surface area contributed by atoms with Crippen molar-refractivity contribution >= 4 is 36.2 Å². The number of hydrogen-bond donors (Lipinski definition) is 0. The van der Waals surface area contributed by atoms with Gasteiger partial charge >= 0.3 is 0 Å². The Morgan fingerprint density at radius 3 is 2.48 bits per heavy atom. The topological polar surface area (TPSA) is 39.7 Å². The molecule has 1 saturated carbocycles. The molecule has 1 atom stereocenters. The van der Waals surface area contributed by atoms with Gasteiger partial charge in [-0.15, -0.1) is 12.4 Å². The highest BCUT2D eigenvalue weighted by Gasteiger charge is 2.32. The number of carbonyl (C=O) groups is 1. The van der Waals surface area contributed by atoms with Crippen molar-refractivity contribution in [1.29, 1.82) is 0 Å². The van der Waals surface area contributed by atoms with Crippen molar-refractivity contribution in [2.24, 2.45) is 0 Å². The first-order valence-corrected chi connectivity index (χ1v) is 9.49. The molecule has 2 aliphatic heterocycles. The molecule has 1 unspecified atom stereocenters. The zero-order valence-corrected chi connectivity index (χ0v) is 16.0. The number of piperidine rings is 1. The van der Waals surface area contributed by atoms with Gasteiger partial charge in [0.05, 0.1) is 11.1 Å². The fraction of sp³-hybridized carbons (Fsp3) is 0.667. The molecule has 0 N–H and O–H groups in total. The van der Waals surface area contributed by atoms with Crippen LogP contribution in [-0.4, -0.2) is 60.0 Å². The number of likely N-dealkylation sites (tertiary alicyclic amines) is 1. The van der Waals surface area contributed by atoms with Crippen LogP contribution >= 0.6 is 24.0 Å². The van der Waals surface area contributed by atoms with E-state index in [0.29, 0.717) is 5.02 Å². The number of piperazine rings is 1. The van der Waals surface area contributed by atoms with Gasteiger partial charge in [-0.1, -0.05) is 11.6 Å². The third kappa shape index (κ3) is 4.04. The van der Waals surface area contributed by atoms with Crippen LogP contribution in [0.4, 0.5) is 5.82 Å². The van der Waals surface area contributed by atoms with Crippen molar-refractivity contribution in [2.45, 2.75) is 44.2 Å². The van der Waals surface area contributed by atoms with Gasteiger partial charge in [0.15, 0.2) is 0 Å². The molecule has 2 saturated heterocycles. The van der Waals surface area contributed by atoms with Gasteiger partial charge in [-0.25, -0.2) is 4.98 Å². The average Bonchev–Trinajstić information content (AvgIpc) is 3.47. The second kappa shape index (κ2) is 8.11. The normalized spacial score (nSPS) is 24.8. The Morgan fingerprint density at radius 1 is 1.08 bits per heavy atom. The molecule has 1 aromatic heterocycles. The zero-order chi connectivity index (χ0) is 16.5. The Labute approximate surface area is 160 Å². The summed E-state index contributed by atoms with van der Waals surface area (Å²) in [6, 6.07) is 2.98. The second-order valence-corrected chi connectivity index (χ2v) is 7.59. The molecule has 0 radical (unpaired) electrons. The first-order chi connectivity index (χ1) is 11.8. The Hall–Kier alpha value is -1.04. The van der Waals surface area contributed by atoms with Crippen LogP contribution in [0.15, 0.2) is 12.3 Å². The number of rotatable bonds is 4. The van der Waals surface area contributed by atoms with Crippen LogP contribution < -0.4 is 4.90 Å². The number of pyridine rings is 1. The Balaban J connectivity index is 0.00000182. The molecule has 0 aromatic carbocycles. The number of halogens is 2. The molecule has 1 aromatic rings. The molecular weight excluding hydrogens is 359 g/mol. The Bertz CT molecular complexity index is 603. The van der Waals surface area contributed by atoms with Gasteiger partial charge in [0, 0.05) is 45.0 Å². The minimum Gasteiger partial charge on any atom is -0.353 e. The van der Waals surface area contributed by atoms with E-state index in [1.165, 1.54) is 12.8 Å². The lowest BCUT2D eigenvalue weighted by atomic mass is 9.97. The lowest BCUT2D eigenvalue weighted by Crippen LogP contribution is -2.47. The highest BCUT2D eigenvalue weighted by molar-refractivity contribution is 6.33. The van der Waals surface area contributed by atoms with Crippen LogP contribution in [-0.2, 0) is 4.79 Å². The van der Waals surface area contributed by atoms with Crippen molar-refractivity contribution < 1.29 is 4.79 Å². The third-order valence-electron chi connectivity index (χ3n) is 5.58. The summed E-state index contributed by atoms with van der Waals surface area (Å²) in [6.07, 6.45) is 8.84. The summed E-state index contributed by atoms with van der Waals surface area (Å²) in [7, 11) is 0. The summed E-state index contributed by atoms with van der Waals surface area (Å²) in [5, 5.41) is 0.712. The lowest BCUT2D eigenvalue weighted by Gasteiger charge is -2.36. The molecule has 3 fully saturated rings. The molecule has 1 amide bonds. The number of nitrogens with zero attached hydrogens (tertiary/aromatic N) is 4. The number of aromatic nitrogens is 1. The average molecular weight is 385 g/mol. The summed E-state index contributed by atoms with van der Waals surface area (Å²) in [6.45, 7) is 5.02. The zero-order valence-electron chi connectivity index (χ0n) is 14.4. The fourth-order valence-corrected chi connectivity index (χ4v) is 4.33. The van der Waals surface area contributed by atoms with Gasteiger partial charge in [-0.05, 0) is 43.7 Å². The molecule has 25 heavy (non-hydrogen) atoms. The number of anilines is 1. The number of carbonyl (C=O) groups excluding carboxylic acids is 1. The third-order valence-corrected chi connectivity index (χ3v) is 5.86. The molecule has 3 heterocycles. The van der Waals surface area contributed by atoms with Gasteiger partial charge in [-0.3, -0.25) is 9.69 Å². The van der Waals surface area contributed by atoms with E-state index in [4.69, 9.17) is 11.6 Å². The molecule has 138 valence electrons. The monoisotopic (exact) mass is 384 g/mol. The maximum absolute atomic E-state index is 11.3. The van der Waals surface area contributed by atoms with Crippen molar-refractivity contribution in [1.82, 2.24) is 14.8 Å². The molecular formula is C18H26Cl2N4O. The highest BCUT2D eigenvalue weighted by Crippen LogP contribution is 2.34. The van der Waals surface area contributed by atoms with E-state index in [1.54, 1.807) is 0 Å². The summed E-state index contributed by atoms with van der Waals surface area (Å²) < 4.78 is 0. The fourth-order valence-electron chi connectivity index (χ4n) is 4.04. The van der Waals surface area contributed by atoms with E-state index >= 15 is 0 Å². The van der Waals surface area contributed by atoms with E-state index in [-0.39, 0.29) is 18.4 Å². The largest absolute Gasteiger partial charge is 0.353 e. The van der Waals surface area contributed by atoms with Crippen molar-refractivity contribution in [2.75, 3.05) is 37.6 Å². The molecule has 4 rings (SSSR count). The maximum Gasteiger partial charge on any atom is 0.210 e. The van der Waals surface area contributed by atoms with Crippen molar-refractivity contribution in [3.05, 3.63) is 22.8 Å². The summed E-state index contributed by atoms with van der Waals surface area (Å²) in [5.74, 6) is 0.893. The van der Waals surface area contributed by atoms with E-state index < -0.39 is 0 Å². The quantitative estimate of drug-likeness (QED) is 0.747. The minimum atomic E-state index is 0. The van der Waals surface area contributed by atoms with E-state index in [9.17, 15) is 4.79 Å². The molecule has 0 bridgehead atoms. The molecule has 5 nitrogen and oxygen atoms in total. The van der Waals surface area contributed by atoms with Crippen LogP contribution in [0.5, 0.6) is 0 Å². The Morgan fingerprint density at radius 2 is 1.84 bits per heavy atom. The van der Waals surface area contributed by atoms with E-state index in [2.05, 4.69) is 14.8 Å². The maximum atomic E-state index is 11.3. The first-order valence-electron chi connectivity index (χ1n) is 9.12. The van der Waals surface area contributed by atoms with Crippen LogP contribution in [0.25, 0.3) is 0 Å². The van der Waals surface area contributed by atoms with Crippen LogP contribution in [0, 0.1) is 0 Å². The summed E-state index contributed by atoms with van der Waals surface area (Å²) in [5.41, 5.74) is 1.06. The predicted octanol–water partition coefficient (Wildman–Crippen LogP) is 3.12. The Kier molecular flexibility index (Phi) is 6.08. The van der Waals surface area contributed by atoms with Gasteiger partial charge in [0.2, 0.25) is 6.41 Å². The molecule has 7 heteroatoms. The summed E-state index contributed by atoms with van der Waals surface area (Å²) in [4.78, 5) is 22.7. The standard InChI is InChI=1S/C18H25ClN4O.ClH/c19-16-11-14(17-3-1-2-6-23(17)13-24)12-20-18(16)22-9-7-21(8-10-22)15-4-5-15;/h11-13,15,17H,1-10H2;1H. The smallest absolute Gasteiger partial charge is 0.210 e. The second-order valence-electron chi connectivity index (χ2n) is 7.18. The van der Waals surface area contributed by atoms with E-state index in [0.717, 1.165) is 75.8 Å². The van der Waals surface area contributed by atoms with Gasteiger partial charge < -0.3 is 9.80 Å². The summed E-state index contributed by atoms with van der Waals surface area (Å²) >= 11 is 6.56. The first kappa shape index (κ1) is 18.7. The van der Waals surface area contributed by atoms with Crippen LogP contribution in [0.3, 0.4) is 0 Å². The van der Waals surface area contributed by atoms with Crippen LogP contribution in [0.1, 0.15) is 43.7 Å². The van der Waals surface area contributed by atoms with Gasteiger partial charge in [0.25, 0.3) is 0 Å². The van der Waals surface area contributed by atoms with Gasteiger partial charge in [0.1, 0.15) is 5.82 Å². The predicted molar refractivity (Wildman–Crippen MR) is 103 cm³/mol. The van der Waals surface area contributed by atoms with Crippen molar-refractivity contribution in [3.63, 3.8) is 0 Å². The molecule has 3 aliphatic rings. The van der Waals surface area contributed by atoms with Gasteiger partial charge in [-0.2, -0.15) is 0 Å². The SMILES string of the molecule is Cl.O=CN1CCCCC1c1cnc(N2CCN(C3CC3)CC2)c(Cl)c1. The van der Waals surface area contributed by atoms with E-state index in [1.807, 2.05) is 17.2 Å². The minimum absolute atomic E-state index is 0. The number of amides is 1. The highest BCUT2D eigenvalue weighted by atomic mass is 35.5. The molecule has 0 spiro atoms.